The molecule has 128 valence electrons. The van der Waals surface area contributed by atoms with Gasteiger partial charge >= 0.3 is 0 Å². The molecule has 7 nitrogen and oxygen atoms in total. The van der Waals surface area contributed by atoms with E-state index in [-0.39, 0.29) is 16.6 Å². The molecular weight excluding hydrogens is 330 g/mol. The lowest BCUT2D eigenvalue weighted by Crippen LogP contribution is -2.28. The van der Waals surface area contributed by atoms with Crippen molar-refractivity contribution in [1.82, 2.24) is 9.88 Å². The monoisotopic (exact) mass is 349 g/mol. The number of carbonyl (C=O) groups is 1. The molecule has 1 atom stereocenters. The first kappa shape index (κ1) is 16.7. The summed E-state index contributed by atoms with van der Waals surface area (Å²) >= 11 is 0. The second kappa shape index (κ2) is 6.03. The third-order valence-electron chi connectivity index (χ3n) is 4.09. The minimum atomic E-state index is -3.73. The summed E-state index contributed by atoms with van der Waals surface area (Å²) in [6.07, 6.45) is 1.09. The lowest BCUT2D eigenvalue weighted by molar-refractivity contribution is -0.116. The number of carbonyl (C=O) groups excluding carboxylic acids is 1. The van der Waals surface area contributed by atoms with E-state index in [4.69, 9.17) is 4.52 Å². The molecule has 1 aromatic carbocycles. The molecule has 2 heterocycles. The number of hydrogen-bond acceptors (Lipinski definition) is 5. The van der Waals surface area contributed by atoms with Crippen LogP contribution in [0.2, 0.25) is 0 Å². The van der Waals surface area contributed by atoms with Gasteiger partial charge in [-0.2, -0.15) is 0 Å². The lowest BCUT2D eigenvalue weighted by atomic mass is 9.98. The highest BCUT2D eigenvalue weighted by Gasteiger charge is 2.26. The average Bonchev–Trinajstić information content (AvgIpc) is 2.85. The smallest absolute Gasteiger partial charge is 0.246 e. The zero-order valence-electron chi connectivity index (χ0n) is 13.7. The number of aromatic nitrogens is 1. The van der Waals surface area contributed by atoms with E-state index in [0.717, 1.165) is 16.8 Å². The molecule has 1 amide bonds. The SMILES string of the molecule is Cc1noc(C)c1S(=O)(=O)N[C@H](C)c1ccc2c(c1)CCC(=O)N2. The van der Waals surface area contributed by atoms with E-state index in [1.165, 1.54) is 0 Å². The number of aryl methyl sites for hydroxylation is 3. The summed E-state index contributed by atoms with van der Waals surface area (Å²) in [5.74, 6) is 0.266. The maximum atomic E-state index is 12.6. The van der Waals surface area contributed by atoms with E-state index in [1.807, 2.05) is 18.2 Å². The predicted molar refractivity (Wildman–Crippen MR) is 88.1 cm³/mol. The Morgan fingerprint density at radius 2 is 2.04 bits per heavy atom. The number of amides is 1. The molecule has 1 aromatic heterocycles. The van der Waals surface area contributed by atoms with Crippen LogP contribution in [0.1, 0.15) is 42.0 Å². The van der Waals surface area contributed by atoms with E-state index in [0.29, 0.717) is 18.5 Å². The summed E-state index contributed by atoms with van der Waals surface area (Å²) < 4.78 is 32.8. The van der Waals surface area contributed by atoms with Gasteiger partial charge in [-0.1, -0.05) is 17.3 Å². The number of benzene rings is 1. The quantitative estimate of drug-likeness (QED) is 0.881. The highest BCUT2D eigenvalue weighted by Crippen LogP contribution is 2.27. The molecule has 0 unspecified atom stereocenters. The zero-order chi connectivity index (χ0) is 17.5. The van der Waals surface area contributed by atoms with Crippen LogP contribution in [0.3, 0.4) is 0 Å². The molecule has 0 fully saturated rings. The van der Waals surface area contributed by atoms with Crippen molar-refractivity contribution in [3.05, 3.63) is 40.8 Å². The van der Waals surface area contributed by atoms with Gasteiger partial charge in [0.05, 0.1) is 0 Å². The van der Waals surface area contributed by atoms with Gasteiger partial charge in [0.25, 0.3) is 0 Å². The Kier molecular flexibility index (Phi) is 4.18. The van der Waals surface area contributed by atoms with Crippen molar-refractivity contribution in [2.45, 2.75) is 44.6 Å². The fourth-order valence-electron chi connectivity index (χ4n) is 2.89. The topological polar surface area (TPSA) is 101 Å². The molecule has 2 aromatic rings. The standard InChI is InChI=1S/C16H19N3O4S/c1-9(19-24(21,22)16-10(2)18-23-11(16)3)12-4-6-14-13(8-12)5-7-15(20)17-14/h4,6,8-9,19H,5,7H2,1-3H3,(H,17,20)/t9-/m1/s1. The molecule has 3 rings (SSSR count). The van der Waals surface area contributed by atoms with Crippen molar-refractivity contribution in [1.29, 1.82) is 0 Å². The first-order valence-electron chi connectivity index (χ1n) is 7.66. The number of nitrogens with one attached hydrogen (secondary N) is 2. The first-order valence-corrected chi connectivity index (χ1v) is 9.14. The fraction of sp³-hybridized carbons (Fsp3) is 0.375. The molecular formula is C16H19N3O4S. The van der Waals surface area contributed by atoms with Crippen molar-refractivity contribution in [2.75, 3.05) is 5.32 Å². The third kappa shape index (κ3) is 3.07. The number of rotatable bonds is 4. The summed E-state index contributed by atoms with van der Waals surface area (Å²) in [7, 11) is -3.73. The summed E-state index contributed by atoms with van der Waals surface area (Å²) in [6.45, 7) is 4.94. The van der Waals surface area contributed by atoms with E-state index >= 15 is 0 Å². The first-order chi connectivity index (χ1) is 11.3. The van der Waals surface area contributed by atoms with Gasteiger partial charge in [0.2, 0.25) is 15.9 Å². The Hall–Kier alpha value is -2.19. The van der Waals surface area contributed by atoms with E-state index < -0.39 is 16.1 Å². The molecule has 8 heteroatoms. The Labute approximate surface area is 140 Å². The molecule has 1 aliphatic heterocycles. The van der Waals surface area contributed by atoms with Gasteiger partial charge in [0.15, 0.2) is 5.76 Å². The van der Waals surface area contributed by atoms with Crippen molar-refractivity contribution < 1.29 is 17.7 Å². The third-order valence-corrected chi connectivity index (χ3v) is 5.88. The molecule has 0 radical (unpaired) electrons. The van der Waals surface area contributed by atoms with Crippen molar-refractivity contribution in [3.63, 3.8) is 0 Å². The maximum Gasteiger partial charge on any atom is 0.246 e. The largest absolute Gasteiger partial charge is 0.360 e. The van der Waals surface area contributed by atoms with Gasteiger partial charge in [0, 0.05) is 18.2 Å². The molecule has 1 aliphatic rings. The number of anilines is 1. The van der Waals surface area contributed by atoms with Crippen LogP contribution in [-0.2, 0) is 21.2 Å². The molecule has 0 saturated heterocycles. The highest BCUT2D eigenvalue weighted by atomic mass is 32.2. The van der Waals surface area contributed by atoms with Gasteiger partial charge < -0.3 is 9.84 Å². The van der Waals surface area contributed by atoms with Crippen LogP contribution in [0.4, 0.5) is 5.69 Å². The van der Waals surface area contributed by atoms with Gasteiger partial charge in [0.1, 0.15) is 10.6 Å². The van der Waals surface area contributed by atoms with Crippen LogP contribution in [0.25, 0.3) is 0 Å². The average molecular weight is 349 g/mol. The number of hydrogen-bond donors (Lipinski definition) is 2. The summed E-state index contributed by atoms with van der Waals surface area (Å²) in [5, 5.41) is 6.51. The maximum absolute atomic E-state index is 12.6. The van der Waals surface area contributed by atoms with Gasteiger partial charge in [-0.3, -0.25) is 4.79 Å². The molecule has 0 saturated carbocycles. The fourth-order valence-corrected chi connectivity index (χ4v) is 4.45. The van der Waals surface area contributed by atoms with Crippen LogP contribution in [0.15, 0.2) is 27.6 Å². The molecule has 24 heavy (non-hydrogen) atoms. The van der Waals surface area contributed by atoms with Crippen LogP contribution < -0.4 is 10.0 Å². The summed E-state index contributed by atoms with van der Waals surface area (Å²) in [6, 6.07) is 5.12. The van der Waals surface area contributed by atoms with Crippen LogP contribution >= 0.6 is 0 Å². The van der Waals surface area contributed by atoms with Crippen LogP contribution in [-0.4, -0.2) is 19.5 Å². The van der Waals surface area contributed by atoms with Gasteiger partial charge in [-0.15, -0.1) is 0 Å². The summed E-state index contributed by atoms with van der Waals surface area (Å²) in [4.78, 5) is 11.5. The Morgan fingerprint density at radius 1 is 1.29 bits per heavy atom. The number of fused-ring (bicyclic) bond motifs is 1. The minimum Gasteiger partial charge on any atom is -0.360 e. The second-order valence-corrected chi connectivity index (χ2v) is 7.61. The van der Waals surface area contributed by atoms with Gasteiger partial charge in [-0.05, 0) is 44.4 Å². The van der Waals surface area contributed by atoms with E-state index in [9.17, 15) is 13.2 Å². The molecule has 0 bridgehead atoms. The number of nitrogens with zero attached hydrogens (tertiary/aromatic N) is 1. The van der Waals surface area contributed by atoms with E-state index in [2.05, 4.69) is 15.2 Å². The molecule has 0 aliphatic carbocycles. The highest BCUT2D eigenvalue weighted by molar-refractivity contribution is 7.89. The summed E-state index contributed by atoms with van der Waals surface area (Å²) in [5.41, 5.74) is 2.96. The van der Waals surface area contributed by atoms with Crippen LogP contribution in [0, 0.1) is 13.8 Å². The predicted octanol–water partition coefficient (Wildman–Crippen LogP) is 2.22. The van der Waals surface area contributed by atoms with Crippen LogP contribution in [0.5, 0.6) is 0 Å². The minimum absolute atomic E-state index is 0.00223. The Bertz CT molecular complexity index is 883. The normalized spacial score (nSPS) is 15.7. The molecule has 2 N–H and O–H groups in total. The lowest BCUT2D eigenvalue weighted by Gasteiger charge is -2.20. The molecule has 0 spiro atoms. The van der Waals surface area contributed by atoms with Gasteiger partial charge in [-0.25, -0.2) is 13.1 Å². The second-order valence-electron chi connectivity index (χ2n) is 5.96. The Morgan fingerprint density at radius 3 is 2.71 bits per heavy atom. The Balaban J connectivity index is 1.85. The van der Waals surface area contributed by atoms with E-state index in [1.54, 1.807) is 20.8 Å². The van der Waals surface area contributed by atoms with Crippen molar-refractivity contribution in [3.8, 4) is 0 Å². The van der Waals surface area contributed by atoms with Crippen molar-refractivity contribution >= 4 is 21.6 Å². The zero-order valence-corrected chi connectivity index (χ0v) is 14.5. The van der Waals surface area contributed by atoms with Crippen molar-refractivity contribution in [2.24, 2.45) is 0 Å². The number of sulfonamides is 1.